The smallest absolute Gasteiger partial charge is 0.274 e. The third-order valence-corrected chi connectivity index (χ3v) is 4.73. The number of aryl methyl sites for hydroxylation is 3. The summed E-state index contributed by atoms with van der Waals surface area (Å²) < 4.78 is 6.88. The van der Waals surface area contributed by atoms with Crippen molar-refractivity contribution in [2.45, 2.75) is 32.7 Å². The van der Waals surface area contributed by atoms with Crippen LogP contribution in [0.2, 0.25) is 0 Å². The van der Waals surface area contributed by atoms with Gasteiger partial charge in [0.05, 0.1) is 41.1 Å². The summed E-state index contributed by atoms with van der Waals surface area (Å²) in [5.74, 6) is 0.638. The van der Waals surface area contributed by atoms with Crippen LogP contribution >= 0.6 is 0 Å². The van der Waals surface area contributed by atoms with Crippen LogP contribution in [0.25, 0.3) is 11.3 Å². The molecule has 26 heavy (non-hydrogen) atoms. The lowest BCUT2D eigenvalue weighted by Crippen LogP contribution is -2.31. The maximum absolute atomic E-state index is 12.8. The van der Waals surface area contributed by atoms with Crippen LogP contribution in [0.4, 0.5) is 0 Å². The van der Waals surface area contributed by atoms with Gasteiger partial charge in [0.15, 0.2) is 0 Å². The SMILES string of the molecule is Cc1noc(C)c1-c1cncc([C@H]2CCCN2C(=O)c2ccn(C)n2)n1. The summed E-state index contributed by atoms with van der Waals surface area (Å²) >= 11 is 0. The average Bonchev–Trinajstić information content (AvgIpc) is 3.35. The highest BCUT2D eigenvalue weighted by Gasteiger charge is 2.33. The van der Waals surface area contributed by atoms with Crippen molar-refractivity contribution in [3.8, 4) is 11.3 Å². The Morgan fingerprint density at radius 1 is 1.31 bits per heavy atom. The van der Waals surface area contributed by atoms with Crippen LogP contribution in [-0.4, -0.2) is 42.3 Å². The Bertz CT molecular complexity index is 941. The summed E-state index contributed by atoms with van der Waals surface area (Å²) in [6.07, 6.45) is 7.00. The Morgan fingerprint density at radius 3 is 2.85 bits per heavy atom. The van der Waals surface area contributed by atoms with E-state index >= 15 is 0 Å². The highest BCUT2D eigenvalue weighted by molar-refractivity contribution is 5.92. The largest absolute Gasteiger partial charge is 0.361 e. The van der Waals surface area contributed by atoms with Crippen molar-refractivity contribution in [3.05, 3.63) is 47.5 Å². The first-order valence-corrected chi connectivity index (χ1v) is 8.60. The van der Waals surface area contributed by atoms with Gasteiger partial charge in [0, 0.05) is 19.8 Å². The summed E-state index contributed by atoms with van der Waals surface area (Å²) in [5, 5.41) is 8.22. The second kappa shape index (κ2) is 6.36. The van der Waals surface area contributed by atoms with Crippen LogP contribution in [-0.2, 0) is 7.05 Å². The topological polar surface area (TPSA) is 89.9 Å². The molecule has 0 spiro atoms. The molecule has 1 aliphatic heterocycles. The molecule has 0 aliphatic carbocycles. The molecule has 0 N–H and O–H groups in total. The molecule has 1 saturated heterocycles. The van der Waals surface area contributed by atoms with Gasteiger partial charge in [-0.2, -0.15) is 5.10 Å². The van der Waals surface area contributed by atoms with Gasteiger partial charge in [-0.15, -0.1) is 0 Å². The van der Waals surface area contributed by atoms with Crippen LogP contribution in [0.3, 0.4) is 0 Å². The summed E-state index contributed by atoms with van der Waals surface area (Å²) in [6.45, 7) is 4.43. The third kappa shape index (κ3) is 2.77. The Balaban J connectivity index is 1.66. The summed E-state index contributed by atoms with van der Waals surface area (Å²) in [5.41, 5.74) is 3.59. The first kappa shape index (κ1) is 16.4. The van der Waals surface area contributed by atoms with E-state index in [2.05, 4.69) is 15.2 Å². The molecule has 1 fully saturated rings. The van der Waals surface area contributed by atoms with Crippen molar-refractivity contribution in [2.75, 3.05) is 6.54 Å². The molecule has 3 aromatic heterocycles. The van der Waals surface area contributed by atoms with Crippen LogP contribution < -0.4 is 0 Å². The molecule has 8 nitrogen and oxygen atoms in total. The lowest BCUT2D eigenvalue weighted by molar-refractivity contribution is 0.0726. The summed E-state index contributed by atoms with van der Waals surface area (Å²) in [4.78, 5) is 23.8. The highest BCUT2D eigenvalue weighted by atomic mass is 16.5. The first-order chi connectivity index (χ1) is 12.5. The van der Waals surface area contributed by atoms with Crippen molar-refractivity contribution < 1.29 is 9.32 Å². The molecule has 1 amide bonds. The third-order valence-electron chi connectivity index (χ3n) is 4.73. The van der Waals surface area contributed by atoms with Gasteiger partial charge in [-0.1, -0.05) is 5.16 Å². The Morgan fingerprint density at radius 2 is 2.15 bits per heavy atom. The molecule has 1 atom stereocenters. The zero-order valence-corrected chi connectivity index (χ0v) is 15.0. The number of hydrogen-bond acceptors (Lipinski definition) is 6. The minimum atomic E-state index is -0.0996. The van der Waals surface area contributed by atoms with Gasteiger partial charge in [-0.25, -0.2) is 4.98 Å². The normalized spacial score (nSPS) is 17.0. The number of hydrogen-bond donors (Lipinski definition) is 0. The second-order valence-corrected chi connectivity index (χ2v) is 6.56. The van der Waals surface area contributed by atoms with Gasteiger partial charge in [-0.3, -0.25) is 14.5 Å². The maximum atomic E-state index is 12.8. The molecular formula is C18H20N6O2. The molecule has 1 aliphatic rings. The number of rotatable bonds is 3. The Hall–Kier alpha value is -3.03. The number of carbonyl (C=O) groups excluding carboxylic acids is 1. The van der Waals surface area contributed by atoms with Crippen molar-refractivity contribution >= 4 is 5.91 Å². The van der Waals surface area contributed by atoms with E-state index in [9.17, 15) is 4.79 Å². The molecule has 0 radical (unpaired) electrons. The fourth-order valence-electron chi connectivity index (χ4n) is 3.50. The zero-order chi connectivity index (χ0) is 18.3. The van der Waals surface area contributed by atoms with Gasteiger partial charge in [0.2, 0.25) is 0 Å². The molecule has 0 aromatic carbocycles. The zero-order valence-electron chi connectivity index (χ0n) is 15.0. The van der Waals surface area contributed by atoms with Crippen LogP contribution in [0.15, 0.2) is 29.2 Å². The van der Waals surface area contributed by atoms with Gasteiger partial charge in [0.25, 0.3) is 5.91 Å². The molecule has 0 saturated carbocycles. The van der Waals surface area contributed by atoms with E-state index in [-0.39, 0.29) is 11.9 Å². The molecule has 0 bridgehead atoms. The number of carbonyl (C=O) groups is 1. The minimum absolute atomic E-state index is 0.0716. The predicted molar refractivity (Wildman–Crippen MR) is 93.2 cm³/mol. The summed E-state index contributed by atoms with van der Waals surface area (Å²) in [7, 11) is 1.80. The van der Waals surface area contributed by atoms with Crippen LogP contribution in [0, 0.1) is 13.8 Å². The summed E-state index contributed by atoms with van der Waals surface area (Å²) in [6, 6.07) is 1.64. The lowest BCUT2D eigenvalue weighted by Gasteiger charge is -2.23. The fraction of sp³-hybridized carbons (Fsp3) is 0.389. The Kier molecular flexibility index (Phi) is 4.02. The molecule has 3 aromatic rings. The minimum Gasteiger partial charge on any atom is -0.361 e. The van der Waals surface area contributed by atoms with Gasteiger partial charge >= 0.3 is 0 Å². The molecule has 4 heterocycles. The van der Waals surface area contributed by atoms with Gasteiger partial charge in [-0.05, 0) is 32.8 Å². The molecule has 8 heteroatoms. The predicted octanol–water partition coefficient (Wildman–Crippen LogP) is 2.46. The quantitative estimate of drug-likeness (QED) is 0.719. The molecule has 4 rings (SSSR count). The van der Waals surface area contributed by atoms with E-state index in [1.807, 2.05) is 18.7 Å². The monoisotopic (exact) mass is 352 g/mol. The average molecular weight is 352 g/mol. The number of likely N-dealkylation sites (tertiary alicyclic amines) is 1. The lowest BCUT2D eigenvalue weighted by atomic mass is 10.1. The van der Waals surface area contributed by atoms with Crippen LogP contribution in [0.5, 0.6) is 0 Å². The van der Waals surface area contributed by atoms with Crippen LogP contribution in [0.1, 0.15) is 46.5 Å². The number of aromatic nitrogens is 5. The van der Waals surface area contributed by atoms with Gasteiger partial charge < -0.3 is 9.42 Å². The van der Waals surface area contributed by atoms with Gasteiger partial charge in [0.1, 0.15) is 11.5 Å². The van der Waals surface area contributed by atoms with E-state index < -0.39 is 0 Å². The van der Waals surface area contributed by atoms with Crippen molar-refractivity contribution in [3.63, 3.8) is 0 Å². The highest BCUT2D eigenvalue weighted by Crippen LogP contribution is 2.33. The van der Waals surface area contributed by atoms with E-state index in [0.29, 0.717) is 18.0 Å². The van der Waals surface area contributed by atoms with E-state index in [0.717, 1.165) is 35.5 Å². The number of nitrogens with zero attached hydrogens (tertiary/aromatic N) is 6. The van der Waals surface area contributed by atoms with Crippen molar-refractivity contribution in [1.29, 1.82) is 0 Å². The van der Waals surface area contributed by atoms with E-state index in [4.69, 9.17) is 9.51 Å². The second-order valence-electron chi connectivity index (χ2n) is 6.56. The molecular weight excluding hydrogens is 332 g/mol. The molecule has 0 unspecified atom stereocenters. The molecule has 134 valence electrons. The number of amides is 1. The van der Waals surface area contributed by atoms with E-state index in [1.165, 1.54) is 0 Å². The first-order valence-electron chi connectivity index (χ1n) is 8.60. The Labute approximate surface area is 150 Å². The maximum Gasteiger partial charge on any atom is 0.274 e. The van der Waals surface area contributed by atoms with Crippen molar-refractivity contribution in [1.82, 2.24) is 29.8 Å². The fourth-order valence-corrected chi connectivity index (χ4v) is 3.50. The standard InChI is InChI=1S/C18H20N6O2/c1-11-17(12(2)26-22-11)15-10-19-9-14(20-15)16-5-4-7-24(16)18(25)13-6-8-23(3)21-13/h6,8-10,16H,4-5,7H2,1-3H3/t16-/m1/s1. The van der Waals surface area contributed by atoms with E-state index in [1.54, 1.807) is 36.4 Å². The van der Waals surface area contributed by atoms with Crippen molar-refractivity contribution in [2.24, 2.45) is 7.05 Å².